The minimum atomic E-state index is -0.0000743. The van der Waals surface area contributed by atoms with Crippen molar-refractivity contribution in [3.8, 4) is 5.69 Å². The molecule has 0 spiro atoms. The number of halogens is 3. The summed E-state index contributed by atoms with van der Waals surface area (Å²) < 4.78 is 1.89. The van der Waals surface area contributed by atoms with E-state index in [0.717, 1.165) is 27.5 Å². The molecule has 4 aromatic rings. The van der Waals surface area contributed by atoms with Crippen LogP contribution in [0.1, 0.15) is 16.1 Å². The summed E-state index contributed by atoms with van der Waals surface area (Å²) in [4.78, 5) is 16.2. The van der Waals surface area contributed by atoms with Gasteiger partial charge in [0.15, 0.2) is 6.20 Å². The van der Waals surface area contributed by atoms with Crippen molar-refractivity contribution in [2.75, 3.05) is 0 Å². The van der Waals surface area contributed by atoms with E-state index in [-0.39, 0.29) is 18.2 Å². The molecule has 5 rings (SSSR count). The van der Waals surface area contributed by atoms with E-state index in [2.05, 4.69) is 4.98 Å². The van der Waals surface area contributed by atoms with Crippen LogP contribution in [0.15, 0.2) is 48.7 Å². The van der Waals surface area contributed by atoms with E-state index in [9.17, 15) is 4.79 Å². The second-order valence-corrected chi connectivity index (χ2v) is 6.50. The van der Waals surface area contributed by atoms with Crippen molar-refractivity contribution in [2.45, 2.75) is 0 Å². The molecule has 0 saturated heterocycles. The molecule has 0 fully saturated rings. The lowest BCUT2D eigenvalue weighted by molar-refractivity contribution is -0.592. The third kappa shape index (κ3) is 1.92. The summed E-state index contributed by atoms with van der Waals surface area (Å²) in [7, 11) is 0. The summed E-state index contributed by atoms with van der Waals surface area (Å²) in [6.07, 6.45) is 1.92. The van der Waals surface area contributed by atoms with Crippen LogP contribution in [-0.2, 0) is 0 Å². The highest BCUT2D eigenvalue weighted by Crippen LogP contribution is 2.32. The van der Waals surface area contributed by atoms with Crippen LogP contribution in [0.2, 0.25) is 10.0 Å². The van der Waals surface area contributed by atoms with E-state index in [4.69, 9.17) is 23.2 Å². The minimum absolute atomic E-state index is 0. The Labute approximate surface area is 153 Å². The van der Waals surface area contributed by atoms with E-state index in [1.54, 1.807) is 12.1 Å². The summed E-state index contributed by atoms with van der Waals surface area (Å²) in [5, 5.41) is 3.33. The highest BCUT2D eigenvalue weighted by Gasteiger charge is 2.38. The number of H-pyrrole nitrogens is 1. The average molecular weight is 376 g/mol. The summed E-state index contributed by atoms with van der Waals surface area (Å²) in [5.74, 6) is -0.0000743. The number of aromatic nitrogens is 2. The van der Waals surface area contributed by atoms with Crippen LogP contribution in [0.25, 0.3) is 27.5 Å². The van der Waals surface area contributed by atoms with Crippen molar-refractivity contribution in [1.29, 1.82) is 0 Å². The average Bonchev–Trinajstić information content (AvgIpc) is 3.02. The zero-order valence-corrected chi connectivity index (χ0v) is 14.4. The van der Waals surface area contributed by atoms with Crippen molar-refractivity contribution >= 4 is 50.8 Å². The van der Waals surface area contributed by atoms with Gasteiger partial charge in [-0.15, -0.1) is 0 Å². The Morgan fingerprint density at radius 2 is 1.67 bits per heavy atom. The number of hydrogen-bond donors (Lipinski definition) is 1. The first kappa shape index (κ1) is 15.5. The Bertz CT molecular complexity index is 1160. The van der Waals surface area contributed by atoms with Gasteiger partial charge in [-0.1, -0.05) is 29.3 Å². The van der Waals surface area contributed by atoms with E-state index in [1.807, 2.05) is 41.1 Å². The lowest BCUT2D eigenvalue weighted by Gasteiger charge is -1.95. The van der Waals surface area contributed by atoms with Gasteiger partial charge in [-0.2, -0.15) is 4.57 Å². The van der Waals surface area contributed by atoms with Crippen molar-refractivity contribution in [1.82, 2.24) is 4.98 Å². The van der Waals surface area contributed by atoms with Crippen LogP contribution < -0.4 is 17.0 Å². The molecule has 0 amide bonds. The van der Waals surface area contributed by atoms with Gasteiger partial charge in [-0.05, 0) is 24.3 Å². The lowest BCUT2D eigenvalue weighted by Crippen LogP contribution is -3.00. The molecule has 0 atom stereocenters. The number of carbonyl (C=O) groups excluding carboxylic acids is 1. The maximum atomic E-state index is 12.8. The zero-order valence-electron chi connectivity index (χ0n) is 12.1. The number of nitrogens with zero attached hydrogens (tertiary/aromatic N) is 1. The Morgan fingerprint density at radius 1 is 0.917 bits per heavy atom. The predicted octanol–water partition coefficient (Wildman–Crippen LogP) is 1.45. The molecule has 0 unspecified atom stereocenters. The van der Waals surface area contributed by atoms with Crippen LogP contribution in [-0.4, -0.2) is 10.8 Å². The fourth-order valence-corrected chi connectivity index (χ4v) is 3.68. The second-order valence-electron chi connectivity index (χ2n) is 5.63. The van der Waals surface area contributed by atoms with Gasteiger partial charge in [0.2, 0.25) is 5.69 Å². The molecule has 1 aliphatic rings. The normalized spacial score (nSPS) is 12.3. The van der Waals surface area contributed by atoms with Crippen molar-refractivity contribution in [3.63, 3.8) is 0 Å². The number of ketones is 1. The first-order chi connectivity index (χ1) is 11.1. The highest BCUT2D eigenvalue weighted by molar-refractivity contribution is 6.32. The third-order valence-corrected chi connectivity index (χ3v) is 4.82. The lowest BCUT2D eigenvalue weighted by atomic mass is 10.1. The van der Waals surface area contributed by atoms with Crippen LogP contribution in [0.3, 0.4) is 0 Å². The van der Waals surface area contributed by atoms with Crippen LogP contribution >= 0.6 is 23.2 Å². The first-order valence-electron chi connectivity index (χ1n) is 7.14. The molecular weight excluding hydrogens is 367 g/mol. The Hall–Kier alpha value is -2.07. The number of hydrogen-bond acceptors (Lipinski definition) is 1. The zero-order chi connectivity index (χ0) is 15.7. The monoisotopic (exact) mass is 374 g/mol. The molecule has 1 aliphatic heterocycles. The number of nitrogens with one attached hydrogen (secondary N) is 1. The maximum Gasteiger partial charge on any atom is 0.284 e. The number of fused-ring (bicyclic) bond motifs is 7. The van der Waals surface area contributed by atoms with Gasteiger partial charge < -0.3 is 17.4 Å². The minimum Gasteiger partial charge on any atom is -1.00 e. The smallest absolute Gasteiger partial charge is 0.284 e. The van der Waals surface area contributed by atoms with Gasteiger partial charge in [0.05, 0.1) is 0 Å². The third-order valence-electron chi connectivity index (χ3n) is 4.35. The molecule has 118 valence electrons. The molecule has 2 aromatic heterocycles. The highest BCUT2D eigenvalue weighted by atomic mass is 35.5. The van der Waals surface area contributed by atoms with Gasteiger partial charge >= 0.3 is 0 Å². The van der Waals surface area contributed by atoms with Crippen LogP contribution in [0, 0.1) is 0 Å². The fourth-order valence-electron chi connectivity index (χ4n) is 3.34. The van der Waals surface area contributed by atoms with Gasteiger partial charge in [0.25, 0.3) is 11.5 Å². The van der Waals surface area contributed by atoms with E-state index in [0.29, 0.717) is 21.3 Å². The van der Waals surface area contributed by atoms with Crippen LogP contribution in [0.4, 0.5) is 0 Å². The fraction of sp³-hybridized carbons (Fsp3) is 0. The molecule has 0 aliphatic carbocycles. The summed E-state index contributed by atoms with van der Waals surface area (Å²) in [5.41, 5.74) is 3.85. The van der Waals surface area contributed by atoms with Crippen molar-refractivity contribution in [3.05, 3.63) is 70.0 Å². The van der Waals surface area contributed by atoms with Gasteiger partial charge in [-0.25, -0.2) is 0 Å². The van der Waals surface area contributed by atoms with E-state index < -0.39 is 0 Å². The predicted molar refractivity (Wildman–Crippen MR) is 90.8 cm³/mol. The molecular formula is C18H9Cl3N2O. The molecule has 6 heteroatoms. The van der Waals surface area contributed by atoms with Crippen LogP contribution in [0.5, 0.6) is 0 Å². The molecule has 3 nitrogen and oxygen atoms in total. The number of benzene rings is 2. The molecule has 0 bridgehead atoms. The molecule has 3 heterocycles. The van der Waals surface area contributed by atoms with E-state index >= 15 is 0 Å². The van der Waals surface area contributed by atoms with Gasteiger partial charge in [0.1, 0.15) is 11.1 Å². The molecule has 2 aromatic carbocycles. The molecule has 1 N–H and O–H groups in total. The maximum absolute atomic E-state index is 12.8. The topological polar surface area (TPSA) is 36.7 Å². The summed E-state index contributed by atoms with van der Waals surface area (Å²) in [6.45, 7) is 0. The Kier molecular flexibility index (Phi) is 3.36. The first-order valence-corrected chi connectivity index (χ1v) is 7.89. The van der Waals surface area contributed by atoms with Crippen molar-refractivity contribution < 1.29 is 21.8 Å². The quantitative estimate of drug-likeness (QED) is 0.409. The van der Waals surface area contributed by atoms with E-state index in [1.165, 1.54) is 0 Å². The van der Waals surface area contributed by atoms with Gasteiger partial charge in [0, 0.05) is 38.5 Å². The standard InChI is InChI=1S/C18H8Cl2N2O.ClH/c19-9-1-3-11-12-5-6-22-15-8-10(20)2-4-13(15)18(23)17(22)16(12)21-14(11)7-9;/h1-8H;1H. The number of rotatable bonds is 0. The Balaban J connectivity index is 0.00000146. The summed E-state index contributed by atoms with van der Waals surface area (Å²) in [6, 6.07) is 13.0. The summed E-state index contributed by atoms with van der Waals surface area (Å²) >= 11 is 12.2. The Morgan fingerprint density at radius 3 is 2.50 bits per heavy atom. The SMILES string of the molecule is O=C1c2ccc(Cl)cc2-[n+]2ccc3c([nH]c4cc(Cl)ccc43)c21.[Cl-]. The number of pyridine rings is 1. The van der Waals surface area contributed by atoms with Crippen molar-refractivity contribution in [2.24, 2.45) is 0 Å². The number of aromatic amines is 1. The second kappa shape index (κ2) is 5.21. The largest absolute Gasteiger partial charge is 1.00 e. The molecule has 0 saturated carbocycles. The molecule has 0 radical (unpaired) electrons. The number of carbonyl (C=O) groups is 1. The van der Waals surface area contributed by atoms with Gasteiger partial charge in [-0.3, -0.25) is 4.79 Å². The molecule has 24 heavy (non-hydrogen) atoms.